The summed E-state index contributed by atoms with van der Waals surface area (Å²) in [5.41, 5.74) is -1.25. The van der Waals surface area contributed by atoms with E-state index in [2.05, 4.69) is 72.5 Å². The predicted octanol–water partition coefficient (Wildman–Crippen LogP) is 4.56. The average molecular weight is 880 g/mol. The first-order valence-electron chi connectivity index (χ1n) is 11.1. The van der Waals surface area contributed by atoms with Crippen molar-refractivity contribution in [3.63, 3.8) is 0 Å². The molecule has 1 aromatic rings. The molecule has 0 radical (unpaired) electrons. The lowest BCUT2D eigenvalue weighted by Gasteiger charge is -2.59. The number of hydrogen-bond acceptors (Lipinski definition) is 8. The van der Waals surface area contributed by atoms with E-state index in [0.29, 0.717) is 31.2 Å². The van der Waals surface area contributed by atoms with Gasteiger partial charge in [0, 0.05) is 17.1 Å². The molecule has 204 valence electrons. The van der Waals surface area contributed by atoms with Crippen LogP contribution < -0.4 is 0 Å². The molecule has 9 nitrogen and oxygen atoms in total. The van der Waals surface area contributed by atoms with Gasteiger partial charge in [-0.2, -0.15) is 17.2 Å². The number of halogens is 5. The summed E-state index contributed by atoms with van der Waals surface area (Å²) in [4.78, 5) is 37.7. The molecule has 5 rings (SSSR count). The number of hydrogen-bond donors (Lipinski definition) is 1. The summed E-state index contributed by atoms with van der Waals surface area (Å²) in [6.45, 7) is -1.39. The molecule has 4 saturated carbocycles. The lowest BCUT2D eigenvalue weighted by atomic mass is 9.48. The van der Waals surface area contributed by atoms with Gasteiger partial charge in [-0.25, -0.2) is 9.59 Å². The Morgan fingerprint density at radius 1 is 1.00 bits per heavy atom. The second-order valence-electron chi connectivity index (χ2n) is 9.82. The molecule has 2 unspecified atom stereocenters. The Labute approximate surface area is 252 Å². The molecule has 37 heavy (non-hydrogen) atoms. The van der Waals surface area contributed by atoms with Gasteiger partial charge in [-0.05, 0) is 124 Å². The highest BCUT2D eigenvalue weighted by atomic mass is 127. The maximum Gasteiger partial charge on any atom is 0.465 e. The molecule has 0 saturated heterocycles. The van der Waals surface area contributed by atoms with Gasteiger partial charge in [0.2, 0.25) is 0 Å². The molecule has 0 aliphatic heterocycles. The van der Waals surface area contributed by atoms with Gasteiger partial charge in [0.1, 0.15) is 18.8 Å². The molecule has 15 heteroatoms. The minimum atomic E-state index is -5.99. The van der Waals surface area contributed by atoms with Gasteiger partial charge in [-0.15, -0.1) is 0 Å². The van der Waals surface area contributed by atoms with Crippen molar-refractivity contribution in [2.45, 2.75) is 49.4 Å². The smallest absolute Gasteiger partial charge is 0.462 e. The molecule has 1 N–H and O–H groups in total. The van der Waals surface area contributed by atoms with Crippen LogP contribution in [0.3, 0.4) is 0 Å². The number of carbonyl (C=O) groups excluding carboxylic acids is 3. The van der Waals surface area contributed by atoms with Crippen molar-refractivity contribution in [3.05, 3.63) is 28.4 Å². The van der Waals surface area contributed by atoms with Gasteiger partial charge in [-0.1, -0.05) is 0 Å². The van der Waals surface area contributed by atoms with E-state index in [4.69, 9.17) is 14.0 Å². The fraction of sp³-hybridized carbons (Fsp3) is 0.591. The second-order valence-corrected chi connectivity index (χ2v) is 14.9. The van der Waals surface area contributed by atoms with Crippen molar-refractivity contribution in [1.82, 2.24) is 0 Å². The predicted molar refractivity (Wildman–Crippen MR) is 148 cm³/mol. The topological polar surface area (TPSA) is 133 Å². The quantitative estimate of drug-likeness (QED) is 0.131. The Balaban J connectivity index is 1.42. The van der Waals surface area contributed by atoms with Crippen LogP contribution in [0.25, 0.3) is 0 Å². The highest BCUT2D eigenvalue weighted by Crippen LogP contribution is 2.63. The van der Waals surface area contributed by atoms with Crippen LogP contribution in [-0.2, 0) is 33.9 Å². The molecule has 2 atom stereocenters. The Morgan fingerprint density at radius 3 is 2.08 bits per heavy atom. The van der Waals surface area contributed by atoms with E-state index in [0.717, 1.165) is 17.1 Å². The second kappa shape index (κ2) is 10.5. The van der Waals surface area contributed by atoms with E-state index in [-0.39, 0.29) is 18.3 Å². The standard InChI is InChI=1S/C22H21F2I3O9S/c23-22(24,37(31,32)33)19(30)35-2-1-34-18(29)20-6-11-3-12(7-20)9-21(8-11,10-20)36-17(28)16-14(26)4-13(25)5-15(16)27/h4-5,11-12H,1-3,6-10H2,(H,31,32,33). The Hall–Kier alpha value is -0.410. The molecule has 1 aromatic carbocycles. The van der Waals surface area contributed by atoms with Crippen molar-refractivity contribution in [1.29, 1.82) is 0 Å². The van der Waals surface area contributed by atoms with Crippen LogP contribution in [0.4, 0.5) is 8.78 Å². The third kappa shape index (κ3) is 5.89. The number of rotatable bonds is 8. The molecule has 4 aliphatic carbocycles. The number of alkyl halides is 2. The fourth-order valence-corrected chi connectivity index (χ4v) is 10.4. The van der Waals surface area contributed by atoms with E-state index in [1.807, 2.05) is 12.1 Å². The zero-order valence-corrected chi connectivity index (χ0v) is 26.3. The van der Waals surface area contributed by atoms with Gasteiger partial charge in [0.05, 0.1) is 11.0 Å². The zero-order chi connectivity index (χ0) is 27.4. The van der Waals surface area contributed by atoms with Crippen LogP contribution >= 0.6 is 67.8 Å². The van der Waals surface area contributed by atoms with E-state index in [9.17, 15) is 31.6 Å². The average Bonchev–Trinajstić information content (AvgIpc) is 2.73. The SMILES string of the molecule is O=C(OC12CC3CC(C1)CC(C(=O)OCCOC(=O)C(F)(F)S(=O)(=O)O)(C3)C2)c1c(I)cc(I)cc1I. The summed E-state index contributed by atoms with van der Waals surface area (Å²) in [6, 6.07) is 3.77. The molecule has 0 spiro atoms. The van der Waals surface area contributed by atoms with Crippen LogP contribution in [0.5, 0.6) is 0 Å². The van der Waals surface area contributed by atoms with E-state index < -0.39 is 57.5 Å². The molecule has 0 heterocycles. The van der Waals surface area contributed by atoms with E-state index in [1.165, 1.54) is 0 Å². The van der Waals surface area contributed by atoms with Crippen LogP contribution in [0.1, 0.15) is 48.9 Å². The minimum Gasteiger partial charge on any atom is -0.462 e. The Morgan fingerprint density at radius 2 is 1.54 bits per heavy atom. The van der Waals surface area contributed by atoms with Crippen molar-refractivity contribution in [2.75, 3.05) is 13.2 Å². The molecule has 0 aromatic heterocycles. The van der Waals surface area contributed by atoms with Gasteiger partial charge < -0.3 is 14.2 Å². The summed E-state index contributed by atoms with van der Waals surface area (Å²) >= 11 is 6.37. The first-order chi connectivity index (χ1) is 17.1. The third-order valence-corrected chi connectivity index (χ3v) is 10.2. The summed E-state index contributed by atoms with van der Waals surface area (Å²) in [5, 5.41) is -5.13. The van der Waals surface area contributed by atoms with E-state index in [1.54, 1.807) is 0 Å². The number of benzene rings is 1. The highest BCUT2D eigenvalue weighted by Gasteiger charge is 2.63. The lowest BCUT2D eigenvalue weighted by molar-refractivity contribution is -0.198. The number of esters is 3. The molecule has 4 aliphatic rings. The first kappa shape index (κ1) is 29.6. The number of ether oxygens (including phenoxy) is 3. The lowest BCUT2D eigenvalue weighted by Crippen LogP contribution is -2.60. The largest absolute Gasteiger partial charge is 0.465 e. The molecular weight excluding hydrogens is 859 g/mol. The van der Waals surface area contributed by atoms with Crippen molar-refractivity contribution in [2.24, 2.45) is 17.3 Å². The Bertz CT molecular complexity index is 1220. The van der Waals surface area contributed by atoms with E-state index >= 15 is 0 Å². The monoisotopic (exact) mass is 880 g/mol. The highest BCUT2D eigenvalue weighted by molar-refractivity contribution is 14.1. The van der Waals surface area contributed by atoms with Crippen molar-refractivity contribution in [3.8, 4) is 0 Å². The summed E-state index contributed by atoms with van der Waals surface area (Å²) in [6.07, 6.45) is 3.56. The summed E-state index contributed by atoms with van der Waals surface area (Å²) < 4.78 is 74.4. The van der Waals surface area contributed by atoms with Crippen LogP contribution in [0.2, 0.25) is 0 Å². The maximum absolute atomic E-state index is 13.3. The fourth-order valence-electron chi connectivity index (χ4n) is 6.13. The normalized spacial score (nSPS) is 28.6. The molecule has 4 fully saturated rings. The van der Waals surface area contributed by atoms with Crippen LogP contribution in [0, 0.1) is 28.0 Å². The minimum absolute atomic E-state index is 0.155. The van der Waals surface area contributed by atoms with Gasteiger partial charge in [0.15, 0.2) is 0 Å². The van der Waals surface area contributed by atoms with Gasteiger partial charge in [-0.3, -0.25) is 9.35 Å². The molecule has 0 amide bonds. The van der Waals surface area contributed by atoms with Crippen molar-refractivity contribution >= 4 is 95.8 Å². The summed E-state index contributed by atoms with van der Waals surface area (Å²) in [5.74, 6) is -3.20. The van der Waals surface area contributed by atoms with Crippen molar-refractivity contribution < 1.29 is 50.3 Å². The number of carbonyl (C=O) groups is 3. The molecular formula is C22H21F2I3O9S. The van der Waals surface area contributed by atoms with Gasteiger partial charge in [0.25, 0.3) is 0 Å². The van der Waals surface area contributed by atoms with Crippen LogP contribution in [0.15, 0.2) is 12.1 Å². The Kier molecular flexibility index (Phi) is 8.42. The molecule has 4 bridgehead atoms. The van der Waals surface area contributed by atoms with Crippen LogP contribution in [-0.4, -0.2) is 54.9 Å². The zero-order valence-electron chi connectivity index (χ0n) is 19.0. The first-order valence-corrected chi connectivity index (χ1v) is 15.8. The maximum atomic E-state index is 13.3. The summed E-state index contributed by atoms with van der Waals surface area (Å²) in [7, 11) is -5.99. The third-order valence-electron chi connectivity index (χ3n) is 7.07. The van der Waals surface area contributed by atoms with Gasteiger partial charge >= 0.3 is 33.3 Å².